The van der Waals surface area contributed by atoms with Gasteiger partial charge in [-0.25, -0.2) is 0 Å². The molecular weight excluding hydrogens is 292 g/mol. The molecule has 1 aromatic rings. The molecule has 128 valence electrons. The predicted octanol–water partition coefficient (Wildman–Crippen LogP) is 2.12. The molecule has 0 spiro atoms. The molecule has 1 aromatic heterocycles. The van der Waals surface area contributed by atoms with Gasteiger partial charge in [-0.15, -0.1) is 0 Å². The normalized spacial score (nSPS) is 19.3. The van der Waals surface area contributed by atoms with Crippen molar-refractivity contribution in [3.63, 3.8) is 0 Å². The van der Waals surface area contributed by atoms with Gasteiger partial charge in [0.1, 0.15) is 0 Å². The summed E-state index contributed by atoms with van der Waals surface area (Å²) in [5, 5.41) is 7.41. The summed E-state index contributed by atoms with van der Waals surface area (Å²) in [7, 11) is 0. The summed E-state index contributed by atoms with van der Waals surface area (Å²) in [6, 6.07) is 0. The van der Waals surface area contributed by atoms with Crippen LogP contribution in [0.2, 0.25) is 0 Å². The second-order valence-electron chi connectivity index (χ2n) is 6.81. The van der Waals surface area contributed by atoms with Gasteiger partial charge in [-0.3, -0.25) is 4.79 Å². The Morgan fingerprint density at radius 1 is 1.30 bits per heavy atom. The minimum atomic E-state index is 0.272. The highest BCUT2D eigenvalue weighted by Crippen LogP contribution is 2.38. The summed E-state index contributed by atoms with van der Waals surface area (Å²) in [6.45, 7) is 6.05. The molecule has 0 radical (unpaired) electrons. The third kappa shape index (κ3) is 4.77. The zero-order valence-corrected chi connectivity index (χ0v) is 14.1. The third-order valence-corrected chi connectivity index (χ3v) is 4.86. The van der Waals surface area contributed by atoms with Crippen LogP contribution in [0.15, 0.2) is 4.52 Å². The van der Waals surface area contributed by atoms with Crippen molar-refractivity contribution in [1.82, 2.24) is 20.4 Å². The van der Waals surface area contributed by atoms with Gasteiger partial charge in [0.15, 0.2) is 5.82 Å². The van der Waals surface area contributed by atoms with E-state index >= 15 is 0 Å². The first-order chi connectivity index (χ1) is 11.3. The van der Waals surface area contributed by atoms with Gasteiger partial charge in [-0.2, -0.15) is 4.98 Å². The first kappa shape index (κ1) is 16.4. The monoisotopic (exact) mass is 320 g/mol. The van der Waals surface area contributed by atoms with Crippen LogP contribution >= 0.6 is 0 Å². The van der Waals surface area contributed by atoms with E-state index in [-0.39, 0.29) is 5.91 Å². The molecular formula is C17H28N4O2. The van der Waals surface area contributed by atoms with Crippen LogP contribution < -0.4 is 5.32 Å². The molecule has 6 nitrogen and oxygen atoms in total. The largest absolute Gasteiger partial charge is 0.343 e. The topological polar surface area (TPSA) is 71.3 Å². The van der Waals surface area contributed by atoms with Crippen LogP contribution in [0, 0.1) is 5.92 Å². The molecule has 2 fully saturated rings. The minimum Gasteiger partial charge on any atom is -0.343 e. The molecule has 0 atom stereocenters. The van der Waals surface area contributed by atoms with Gasteiger partial charge in [-0.1, -0.05) is 12.1 Å². The quantitative estimate of drug-likeness (QED) is 0.794. The number of piperidine rings is 1. The average Bonchev–Trinajstić information content (AvgIpc) is 3.32. The number of carbonyl (C=O) groups excluding carboxylic acids is 1. The van der Waals surface area contributed by atoms with E-state index in [2.05, 4.69) is 22.4 Å². The van der Waals surface area contributed by atoms with Crippen LogP contribution in [-0.2, 0) is 11.2 Å². The van der Waals surface area contributed by atoms with Crippen LogP contribution in [0.1, 0.15) is 63.1 Å². The average molecular weight is 320 g/mol. The highest BCUT2D eigenvalue weighted by atomic mass is 16.5. The summed E-state index contributed by atoms with van der Waals surface area (Å²) in [5.74, 6) is 3.06. The maximum atomic E-state index is 12.3. The zero-order chi connectivity index (χ0) is 16.1. The van der Waals surface area contributed by atoms with Crippen LogP contribution in [-0.4, -0.2) is 47.1 Å². The standard InChI is InChI=1S/C17H28N4O2/c1-2-18-12-13-8-10-21(11-9-13)16(22)5-3-4-15-19-17(20-23-15)14-6-7-14/h13-14,18H,2-12H2,1H3. The van der Waals surface area contributed by atoms with Crippen molar-refractivity contribution >= 4 is 5.91 Å². The Labute approximate surface area is 138 Å². The zero-order valence-electron chi connectivity index (χ0n) is 14.1. The summed E-state index contributed by atoms with van der Waals surface area (Å²) in [4.78, 5) is 18.7. The van der Waals surface area contributed by atoms with Gasteiger partial charge < -0.3 is 14.7 Å². The number of rotatable bonds is 8. The van der Waals surface area contributed by atoms with Crippen molar-refractivity contribution in [2.75, 3.05) is 26.2 Å². The van der Waals surface area contributed by atoms with E-state index in [0.29, 0.717) is 24.7 Å². The molecule has 6 heteroatoms. The molecule has 23 heavy (non-hydrogen) atoms. The summed E-state index contributed by atoms with van der Waals surface area (Å²) in [5.41, 5.74) is 0. The molecule has 2 aliphatic rings. The molecule has 2 heterocycles. The molecule has 0 aromatic carbocycles. The number of likely N-dealkylation sites (tertiary alicyclic amines) is 1. The summed E-state index contributed by atoms with van der Waals surface area (Å²) >= 11 is 0. The van der Waals surface area contributed by atoms with Gasteiger partial charge in [-0.05, 0) is 51.1 Å². The summed E-state index contributed by atoms with van der Waals surface area (Å²) in [6.07, 6.45) is 6.69. The van der Waals surface area contributed by atoms with Gasteiger partial charge in [0.2, 0.25) is 11.8 Å². The molecule has 1 saturated carbocycles. The number of hydrogen-bond donors (Lipinski definition) is 1. The van der Waals surface area contributed by atoms with Crippen molar-refractivity contribution in [2.45, 2.75) is 57.8 Å². The lowest BCUT2D eigenvalue weighted by Gasteiger charge is -2.32. The number of nitrogens with zero attached hydrogens (tertiary/aromatic N) is 3. The molecule has 1 saturated heterocycles. The molecule has 3 rings (SSSR count). The third-order valence-electron chi connectivity index (χ3n) is 4.86. The fraction of sp³-hybridized carbons (Fsp3) is 0.824. The fourth-order valence-electron chi connectivity index (χ4n) is 3.16. The second-order valence-corrected chi connectivity index (χ2v) is 6.81. The van der Waals surface area contributed by atoms with E-state index in [9.17, 15) is 4.79 Å². The van der Waals surface area contributed by atoms with Crippen molar-refractivity contribution in [1.29, 1.82) is 0 Å². The molecule has 0 unspecified atom stereocenters. The van der Waals surface area contributed by atoms with Crippen LogP contribution in [0.4, 0.5) is 0 Å². The van der Waals surface area contributed by atoms with Gasteiger partial charge >= 0.3 is 0 Å². The Morgan fingerprint density at radius 3 is 2.78 bits per heavy atom. The first-order valence-corrected chi connectivity index (χ1v) is 9.07. The van der Waals surface area contributed by atoms with Gasteiger partial charge in [0.05, 0.1) is 0 Å². The predicted molar refractivity (Wildman–Crippen MR) is 87.1 cm³/mol. The molecule has 1 aliphatic carbocycles. The molecule has 0 bridgehead atoms. The minimum absolute atomic E-state index is 0.272. The Bertz CT molecular complexity index is 504. The highest BCUT2D eigenvalue weighted by molar-refractivity contribution is 5.76. The molecule has 1 N–H and O–H groups in total. The first-order valence-electron chi connectivity index (χ1n) is 9.07. The smallest absolute Gasteiger partial charge is 0.226 e. The Kier molecular flexibility index (Phi) is 5.65. The maximum Gasteiger partial charge on any atom is 0.226 e. The fourth-order valence-corrected chi connectivity index (χ4v) is 3.16. The SMILES string of the molecule is CCNCC1CCN(C(=O)CCCc2nc(C3CC3)no2)CC1. The lowest BCUT2D eigenvalue weighted by atomic mass is 9.96. The lowest BCUT2D eigenvalue weighted by molar-refractivity contribution is -0.132. The van der Waals surface area contributed by atoms with Crippen LogP contribution in [0.25, 0.3) is 0 Å². The van der Waals surface area contributed by atoms with Crippen molar-refractivity contribution in [2.24, 2.45) is 5.92 Å². The number of hydrogen-bond acceptors (Lipinski definition) is 5. The number of carbonyl (C=O) groups is 1. The highest BCUT2D eigenvalue weighted by Gasteiger charge is 2.28. The van der Waals surface area contributed by atoms with E-state index in [1.54, 1.807) is 0 Å². The Hall–Kier alpha value is -1.43. The molecule has 1 amide bonds. The number of aromatic nitrogens is 2. The van der Waals surface area contributed by atoms with Gasteiger partial charge in [0.25, 0.3) is 0 Å². The Morgan fingerprint density at radius 2 is 2.09 bits per heavy atom. The van der Waals surface area contributed by atoms with Gasteiger partial charge in [0, 0.05) is 31.8 Å². The lowest BCUT2D eigenvalue weighted by Crippen LogP contribution is -2.40. The van der Waals surface area contributed by atoms with Crippen molar-refractivity contribution in [3.8, 4) is 0 Å². The van der Waals surface area contributed by atoms with E-state index in [1.165, 1.54) is 12.8 Å². The van der Waals surface area contributed by atoms with E-state index in [0.717, 1.165) is 57.2 Å². The Balaban J connectivity index is 1.33. The number of amides is 1. The number of aryl methyl sites for hydroxylation is 1. The molecule has 1 aliphatic heterocycles. The van der Waals surface area contributed by atoms with E-state index in [4.69, 9.17) is 4.52 Å². The van der Waals surface area contributed by atoms with Crippen molar-refractivity contribution < 1.29 is 9.32 Å². The van der Waals surface area contributed by atoms with E-state index < -0.39 is 0 Å². The maximum absolute atomic E-state index is 12.3. The van der Waals surface area contributed by atoms with E-state index in [1.807, 2.05) is 4.90 Å². The van der Waals surface area contributed by atoms with Crippen LogP contribution in [0.3, 0.4) is 0 Å². The summed E-state index contributed by atoms with van der Waals surface area (Å²) < 4.78 is 5.25. The second kappa shape index (κ2) is 7.90. The van der Waals surface area contributed by atoms with Crippen LogP contribution in [0.5, 0.6) is 0 Å². The number of nitrogens with one attached hydrogen (secondary N) is 1. The van der Waals surface area contributed by atoms with Crippen molar-refractivity contribution in [3.05, 3.63) is 11.7 Å².